The van der Waals surface area contributed by atoms with Gasteiger partial charge < -0.3 is 4.52 Å². The molecule has 0 aliphatic heterocycles. The number of nitrogens with one attached hydrogen (secondary N) is 1. The zero-order valence-corrected chi connectivity index (χ0v) is 8.62. The Labute approximate surface area is 80.3 Å². The second kappa shape index (κ2) is 5.92. The Balaban J connectivity index is 2.13. The summed E-state index contributed by atoms with van der Waals surface area (Å²) >= 11 is 0. The van der Waals surface area contributed by atoms with Crippen LogP contribution in [0.4, 0.5) is 0 Å². The quantitative estimate of drug-likeness (QED) is 0.448. The van der Waals surface area contributed by atoms with E-state index in [4.69, 9.17) is 9.36 Å². The van der Waals surface area contributed by atoms with E-state index in [2.05, 4.69) is 5.25 Å². The zero-order chi connectivity index (χ0) is 9.52. The second-order valence-corrected chi connectivity index (χ2v) is 3.30. The lowest BCUT2D eigenvalue weighted by Crippen LogP contribution is -2.11. The molecular formula is C9H13NO2P. The molecule has 13 heavy (non-hydrogen) atoms. The van der Waals surface area contributed by atoms with Gasteiger partial charge in [-0.05, 0) is 26.0 Å². The number of hydrogen-bond donors (Lipinski definition) is 1. The number of benzene rings is 1. The van der Waals surface area contributed by atoms with Gasteiger partial charge in [0.15, 0.2) is 0 Å². The molecule has 0 amide bonds. The van der Waals surface area contributed by atoms with Crippen molar-refractivity contribution in [3.05, 3.63) is 30.3 Å². The largest absolute Gasteiger partial charge is 0.448 e. The van der Waals surface area contributed by atoms with E-state index in [1.165, 1.54) is 0 Å². The van der Waals surface area contributed by atoms with Gasteiger partial charge in [0.25, 0.3) is 8.96 Å². The van der Waals surface area contributed by atoms with E-state index < -0.39 is 0 Å². The first-order valence-electron chi connectivity index (χ1n) is 4.12. The van der Waals surface area contributed by atoms with Gasteiger partial charge in [-0.2, -0.15) is 0 Å². The average molecular weight is 198 g/mol. The molecule has 1 aromatic carbocycles. The summed E-state index contributed by atoms with van der Waals surface area (Å²) in [5.41, 5.74) is 0. The molecule has 0 saturated heterocycles. The molecule has 71 valence electrons. The predicted molar refractivity (Wildman–Crippen MR) is 53.3 cm³/mol. The average Bonchev–Trinajstić information content (AvgIpc) is 2.14. The van der Waals surface area contributed by atoms with Gasteiger partial charge in [0, 0.05) is 0 Å². The van der Waals surface area contributed by atoms with Crippen LogP contribution in [0.1, 0.15) is 13.8 Å². The van der Waals surface area contributed by atoms with E-state index in [0.29, 0.717) is 8.96 Å². The minimum Gasteiger partial charge on any atom is -0.448 e. The molecule has 0 unspecified atom stereocenters. The first-order valence-corrected chi connectivity index (χ1v) is 4.93. The Morgan fingerprint density at radius 3 is 2.54 bits per heavy atom. The van der Waals surface area contributed by atoms with Crippen molar-refractivity contribution in [1.29, 1.82) is 0 Å². The van der Waals surface area contributed by atoms with Crippen molar-refractivity contribution >= 4 is 8.96 Å². The van der Waals surface area contributed by atoms with E-state index in [1.54, 1.807) is 0 Å². The lowest BCUT2D eigenvalue weighted by atomic mass is 10.3. The Morgan fingerprint density at radius 1 is 1.23 bits per heavy atom. The standard InChI is InChI=1S/C9H13NO2P/c1-8(2)11-10-13-12-9-6-4-3-5-7-9/h3-8,10H,1-2H3. The summed E-state index contributed by atoms with van der Waals surface area (Å²) in [6.07, 6.45) is 0.159. The van der Waals surface area contributed by atoms with Gasteiger partial charge in [-0.1, -0.05) is 18.2 Å². The van der Waals surface area contributed by atoms with E-state index in [0.717, 1.165) is 5.75 Å². The van der Waals surface area contributed by atoms with Crippen molar-refractivity contribution in [2.24, 2.45) is 0 Å². The second-order valence-electron chi connectivity index (χ2n) is 2.75. The Kier molecular flexibility index (Phi) is 4.76. The van der Waals surface area contributed by atoms with Gasteiger partial charge in [-0.3, -0.25) is 4.84 Å². The summed E-state index contributed by atoms with van der Waals surface area (Å²) in [5, 5.41) is 2.68. The van der Waals surface area contributed by atoms with Crippen molar-refractivity contribution < 1.29 is 9.36 Å². The maximum atomic E-state index is 5.29. The summed E-state index contributed by atoms with van der Waals surface area (Å²) in [4.78, 5) is 5.08. The highest BCUT2D eigenvalue weighted by molar-refractivity contribution is 7.29. The van der Waals surface area contributed by atoms with Crippen molar-refractivity contribution in [2.45, 2.75) is 20.0 Å². The lowest BCUT2D eigenvalue weighted by molar-refractivity contribution is 0.0419. The molecule has 1 radical (unpaired) electrons. The van der Waals surface area contributed by atoms with E-state index in [-0.39, 0.29) is 6.10 Å². The Morgan fingerprint density at radius 2 is 1.92 bits per heavy atom. The predicted octanol–water partition coefficient (Wildman–Crippen LogP) is 2.77. The first-order chi connectivity index (χ1) is 6.29. The minimum atomic E-state index is 0.159. The SMILES string of the molecule is CC(C)ON[P]Oc1ccccc1. The molecule has 0 fully saturated rings. The number of hydrogen-bond acceptors (Lipinski definition) is 3. The molecule has 0 aliphatic rings. The molecule has 1 N–H and O–H groups in total. The zero-order valence-electron chi connectivity index (χ0n) is 7.73. The molecule has 1 aromatic rings. The molecule has 0 bridgehead atoms. The lowest BCUT2D eigenvalue weighted by Gasteiger charge is -2.07. The van der Waals surface area contributed by atoms with Crippen LogP contribution in [0.2, 0.25) is 0 Å². The van der Waals surface area contributed by atoms with Crippen molar-refractivity contribution in [1.82, 2.24) is 5.25 Å². The molecule has 0 atom stereocenters. The van der Waals surface area contributed by atoms with Crippen LogP contribution >= 0.6 is 8.96 Å². The van der Waals surface area contributed by atoms with Gasteiger partial charge in [0.2, 0.25) is 0 Å². The van der Waals surface area contributed by atoms with Crippen LogP contribution < -0.4 is 9.77 Å². The number of para-hydroxylation sites is 1. The van der Waals surface area contributed by atoms with E-state index >= 15 is 0 Å². The molecule has 0 aliphatic carbocycles. The highest BCUT2D eigenvalue weighted by atomic mass is 31.1. The van der Waals surface area contributed by atoms with E-state index in [1.807, 2.05) is 44.2 Å². The Bertz CT molecular complexity index is 228. The molecule has 0 spiro atoms. The van der Waals surface area contributed by atoms with Crippen LogP contribution in [0.5, 0.6) is 5.75 Å². The molecule has 4 heteroatoms. The monoisotopic (exact) mass is 198 g/mol. The fourth-order valence-electron chi connectivity index (χ4n) is 0.680. The van der Waals surface area contributed by atoms with Gasteiger partial charge >= 0.3 is 0 Å². The maximum absolute atomic E-state index is 5.29. The third-order valence-corrected chi connectivity index (χ3v) is 1.70. The van der Waals surface area contributed by atoms with Crippen molar-refractivity contribution in [3.63, 3.8) is 0 Å². The van der Waals surface area contributed by atoms with Crippen LogP contribution in [-0.4, -0.2) is 6.10 Å². The van der Waals surface area contributed by atoms with Gasteiger partial charge in [-0.15, -0.1) is 5.25 Å². The summed E-state index contributed by atoms with van der Waals surface area (Å²) in [5.74, 6) is 0.823. The summed E-state index contributed by atoms with van der Waals surface area (Å²) in [6, 6.07) is 9.58. The molecule has 3 nitrogen and oxygen atoms in total. The smallest absolute Gasteiger partial charge is 0.269 e. The number of rotatable bonds is 5. The third-order valence-electron chi connectivity index (χ3n) is 1.22. The fraction of sp³-hybridized carbons (Fsp3) is 0.333. The first kappa shape index (κ1) is 10.5. The molecule has 0 saturated carbocycles. The van der Waals surface area contributed by atoms with Gasteiger partial charge in [0.05, 0.1) is 6.10 Å². The maximum Gasteiger partial charge on any atom is 0.269 e. The fourth-order valence-corrected chi connectivity index (χ4v) is 1.20. The molecule has 1 rings (SSSR count). The van der Waals surface area contributed by atoms with Crippen LogP contribution in [0.25, 0.3) is 0 Å². The van der Waals surface area contributed by atoms with Gasteiger partial charge in [-0.25, -0.2) is 0 Å². The van der Waals surface area contributed by atoms with Gasteiger partial charge in [0.1, 0.15) is 5.75 Å². The highest BCUT2D eigenvalue weighted by Crippen LogP contribution is 2.16. The van der Waals surface area contributed by atoms with Crippen LogP contribution in [0, 0.1) is 0 Å². The van der Waals surface area contributed by atoms with Crippen LogP contribution in [0.3, 0.4) is 0 Å². The highest BCUT2D eigenvalue weighted by Gasteiger charge is 1.95. The molecular weight excluding hydrogens is 185 g/mol. The van der Waals surface area contributed by atoms with Crippen molar-refractivity contribution in [2.75, 3.05) is 0 Å². The van der Waals surface area contributed by atoms with Crippen LogP contribution in [-0.2, 0) is 4.84 Å². The minimum absolute atomic E-state index is 0.159. The topological polar surface area (TPSA) is 30.5 Å². The van der Waals surface area contributed by atoms with E-state index in [9.17, 15) is 0 Å². The van der Waals surface area contributed by atoms with Crippen LogP contribution in [0.15, 0.2) is 30.3 Å². The summed E-state index contributed by atoms with van der Waals surface area (Å²) in [6.45, 7) is 3.90. The third kappa shape index (κ3) is 4.83. The summed E-state index contributed by atoms with van der Waals surface area (Å²) in [7, 11) is 0.596. The summed E-state index contributed by atoms with van der Waals surface area (Å²) < 4.78 is 5.29. The normalized spacial score (nSPS) is 11.3. The molecule has 0 aromatic heterocycles. The molecule has 0 heterocycles. The Hall–Kier alpha value is -0.630. The van der Waals surface area contributed by atoms with Crippen molar-refractivity contribution in [3.8, 4) is 5.75 Å².